The van der Waals surface area contributed by atoms with Gasteiger partial charge in [-0.15, -0.1) is 0 Å². The number of carboxylic acids is 1. The minimum atomic E-state index is -1.09. The molecule has 2 aliphatic rings. The van der Waals surface area contributed by atoms with Gasteiger partial charge in [-0.25, -0.2) is 9.78 Å². The highest BCUT2D eigenvalue weighted by Crippen LogP contribution is 2.45. The first-order valence-electron chi connectivity index (χ1n) is 6.19. The number of aromatic nitrogens is 1. The zero-order valence-corrected chi connectivity index (χ0v) is 10.5. The number of ether oxygens (including phenoxy) is 1. The van der Waals surface area contributed by atoms with Crippen molar-refractivity contribution in [1.82, 2.24) is 4.98 Å². The summed E-state index contributed by atoms with van der Waals surface area (Å²) in [6.07, 6.45) is 2.04. The largest absolute Gasteiger partial charge is 0.494 e. The summed E-state index contributed by atoms with van der Waals surface area (Å²) in [7, 11) is 1.42. The number of carbonyl (C=O) groups is 2. The van der Waals surface area contributed by atoms with E-state index in [0.29, 0.717) is 19.0 Å². The minimum absolute atomic E-state index is 0.0556. The Labute approximate surface area is 110 Å². The maximum Gasteiger partial charge on any atom is 0.358 e. The second-order valence-corrected chi connectivity index (χ2v) is 4.92. The normalized spacial score (nSPS) is 18.2. The van der Waals surface area contributed by atoms with Crippen LogP contribution < -0.4 is 9.64 Å². The summed E-state index contributed by atoms with van der Waals surface area (Å²) >= 11 is 0. The maximum absolute atomic E-state index is 11.2. The van der Waals surface area contributed by atoms with Crippen molar-refractivity contribution in [2.45, 2.75) is 18.8 Å². The van der Waals surface area contributed by atoms with Crippen LogP contribution in [-0.4, -0.2) is 42.0 Å². The Bertz CT molecular complexity index is 558. The molecule has 0 aromatic carbocycles. The van der Waals surface area contributed by atoms with Gasteiger partial charge in [0.25, 0.3) is 0 Å². The molecule has 0 amide bonds. The Morgan fingerprint density at radius 1 is 1.47 bits per heavy atom. The van der Waals surface area contributed by atoms with Crippen molar-refractivity contribution < 1.29 is 19.4 Å². The van der Waals surface area contributed by atoms with E-state index in [0.717, 1.165) is 24.2 Å². The molecule has 0 spiro atoms. The minimum Gasteiger partial charge on any atom is -0.494 e. The van der Waals surface area contributed by atoms with Crippen LogP contribution in [0.5, 0.6) is 5.75 Å². The number of aromatic carboxylic acids is 1. The fourth-order valence-corrected chi connectivity index (χ4v) is 2.27. The third-order valence-electron chi connectivity index (χ3n) is 3.46. The van der Waals surface area contributed by atoms with Crippen LogP contribution in [0.1, 0.15) is 34.9 Å². The van der Waals surface area contributed by atoms with Gasteiger partial charge in [-0.05, 0) is 12.8 Å². The molecule has 1 aromatic heterocycles. The number of anilines is 1. The van der Waals surface area contributed by atoms with Crippen LogP contribution in [0.4, 0.5) is 5.69 Å². The van der Waals surface area contributed by atoms with Crippen LogP contribution in [0.15, 0.2) is 6.07 Å². The van der Waals surface area contributed by atoms with Gasteiger partial charge in [-0.2, -0.15) is 0 Å². The topological polar surface area (TPSA) is 79.7 Å². The first kappa shape index (κ1) is 12.0. The van der Waals surface area contributed by atoms with Gasteiger partial charge in [-0.3, -0.25) is 4.79 Å². The third-order valence-corrected chi connectivity index (χ3v) is 3.46. The molecule has 1 N–H and O–H groups in total. The van der Waals surface area contributed by atoms with Gasteiger partial charge in [0, 0.05) is 12.0 Å². The lowest BCUT2D eigenvalue weighted by atomic mass is 10.1. The monoisotopic (exact) mass is 262 g/mol. The highest BCUT2D eigenvalue weighted by molar-refractivity contribution is 5.96. The van der Waals surface area contributed by atoms with E-state index in [4.69, 9.17) is 9.84 Å². The van der Waals surface area contributed by atoms with Crippen molar-refractivity contribution in [1.29, 1.82) is 0 Å². The van der Waals surface area contributed by atoms with Crippen molar-refractivity contribution in [3.8, 4) is 5.75 Å². The molecule has 6 heteroatoms. The number of Topliss-reactive ketones (excluding diaryl/α,β-unsaturated/α-hetero) is 1. The van der Waals surface area contributed by atoms with E-state index in [1.807, 2.05) is 4.90 Å². The number of carbonyl (C=O) groups excluding carboxylic acids is 1. The molecule has 0 radical (unpaired) electrons. The molecule has 0 bridgehead atoms. The Morgan fingerprint density at radius 3 is 2.63 bits per heavy atom. The van der Waals surface area contributed by atoms with Crippen LogP contribution in [0.25, 0.3) is 0 Å². The fraction of sp³-hybridized carbons (Fsp3) is 0.462. The fourth-order valence-electron chi connectivity index (χ4n) is 2.27. The van der Waals surface area contributed by atoms with E-state index in [1.54, 1.807) is 6.07 Å². The zero-order valence-electron chi connectivity index (χ0n) is 10.5. The van der Waals surface area contributed by atoms with Crippen LogP contribution >= 0.6 is 0 Å². The quantitative estimate of drug-likeness (QED) is 0.873. The van der Waals surface area contributed by atoms with Gasteiger partial charge in [0.2, 0.25) is 0 Å². The molecule has 0 atom stereocenters. The average molecular weight is 262 g/mol. The molecule has 3 rings (SSSR count). The van der Waals surface area contributed by atoms with E-state index in [1.165, 1.54) is 7.11 Å². The highest BCUT2D eigenvalue weighted by atomic mass is 16.5. The molecule has 0 unspecified atom stereocenters. The van der Waals surface area contributed by atoms with E-state index in [-0.39, 0.29) is 17.2 Å². The number of hydrogen-bond acceptors (Lipinski definition) is 5. The Hall–Kier alpha value is -2.11. The van der Waals surface area contributed by atoms with E-state index in [2.05, 4.69) is 4.98 Å². The molecule has 1 aromatic rings. The first-order chi connectivity index (χ1) is 9.10. The average Bonchev–Trinajstić information content (AvgIpc) is 3.17. The first-order valence-corrected chi connectivity index (χ1v) is 6.19. The van der Waals surface area contributed by atoms with Gasteiger partial charge < -0.3 is 14.7 Å². The number of rotatable bonds is 4. The van der Waals surface area contributed by atoms with E-state index in [9.17, 15) is 9.59 Å². The molecular weight excluding hydrogens is 248 g/mol. The summed E-state index contributed by atoms with van der Waals surface area (Å²) in [5.41, 5.74) is 1.56. The maximum atomic E-state index is 11.2. The number of ketones is 1. The van der Waals surface area contributed by atoms with E-state index < -0.39 is 5.97 Å². The van der Waals surface area contributed by atoms with Crippen molar-refractivity contribution in [3.63, 3.8) is 0 Å². The number of hydrogen-bond donors (Lipinski definition) is 1. The van der Waals surface area contributed by atoms with Crippen LogP contribution in [0.2, 0.25) is 0 Å². The predicted octanol–water partition coefficient (Wildman–Crippen LogP) is 1.05. The Balaban J connectivity index is 2.06. The molecule has 2 fully saturated rings. The van der Waals surface area contributed by atoms with Crippen LogP contribution in [-0.2, 0) is 4.79 Å². The van der Waals surface area contributed by atoms with Crippen LogP contribution in [0.3, 0.4) is 0 Å². The lowest BCUT2D eigenvalue weighted by Gasteiger charge is -2.33. The molecule has 1 aliphatic carbocycles. The molecule has 6 nitrogen and oxygen atoms in total. The van der Waals surface area contributed by atoms with Crippen molar-refractivity contribution in [3.05, 3.63) is 17.5 Å². The van der Waals surface area contributed by atoms with Crippen molar-refractivity contribution >= 4 is 17.4 Å². The summed E-state index contributed by atoms with van der Waals surface area (Å²) < 4.78 is 5.09. The summed E-state index contributed by atoms with van der Waals surface area (Å²) in [5, 5.41) is 9.16. The van der Waals surface area contributed by atoms with Crippen molar-refractivity contribution in [2.75, 3.05) is 25.1 Å². The molecule has 100 valence electrons. The SMILES string of the molecule is COc1cc(N2CC(=O)C2)c(C2CC2)nc1C(=O)O. The zero-order chi connectivity index (χ0) is 13.6. The summed E-state index contributed by atoms with van der Waals surface area (Å²) in [6.45, 7) is 0.744. The second-order valence-electron chi connectivity index (χ2n) is 4.92. The smallest absolute Gasteiger partial charge is 0.358 e. The molecule has 1 aliphatic heterocycles. The Kier molecular flexibility index (Phi) is 2.66. The molecule has 19 heavy (non-hydrogen) atoms. The third kappa shape index (κ3) is 2.03. The van der Waals surface area contributed by atoms with Gasteiger partial charge in [-0.1, -0.05) is 0 Å². The predicted molar refractivity (Wildman–Crippen MR) is 66.9 cm³/mol. The summed E-state index contributed by atoms with van der Waals surface area (Å²) in [4.78, 5) is 28.5. The summed E-state index contributed by atoms with van der Waals surface area (Å²) in [5.74, 6) is -0.353. The van der Waals surface area contributed by atoms with Crippen LogP contribution in [0, 0.1) is 0 Å². The lowest BCUT2D eigenvalue weighted by molar-refractivity contribution is -0.119. The molecular formula is C13H14N2O4. The number of methoxy groups -OCH3 is 1. The Morgan fingerprint density at radius 2 is 2.16 bits per heavy atom. The molecule has 2 heterocycles. The van der Waals surface area contributed by atoms with Crippen molar-refractivity contribution in [2.24, 2.45) is 0 Å². The lowest BCUT2D eigenvalue weighted by Crippen LogP contribution is -2.47. The summed E-state index contributed by atoms with van der Waals surface area (Å²) in [6, 6.07) is 1.69. The highest BCUT2D eigenvalue weighted by Gasteiger charge is 2.35. The van der Waals surface area contributed by atoms with Gasteiger partial charge in [0.1, 0.15) is 0 Å². The standard InChI is InChI=1S/C13H14N2O4/c1-19-10-4-9(15-5-8(16)6-15)11(7-2-3-7)14-12(10)13(17)18/h4,7H,2-3,5-6H2,1H3,(H,17,18). The molecule has 1 saturated heterocycles. The second kappa shape index (κ2) is 4.22. The van der Waals surface area contributed by atoms with Gasteiger partial charge in [0.15, 0.2) is 17.2 Å². The van der Waals surface area contributed by atoms with Gasteiger partial charge in [0.05, 0.1) is 31.6 Å². The van der Waals surface area contributed by atoms with Gasteiger partial charge >= 0.3 is 5.97 Å². The number of pyridine rings is 1. The number of nitrogens with zero attached hydrogens (tertiary/aromatic N) is 2. The molecule has 1 saturated carbocycles. The van der Waals surface area contributed by atoms with E-state index >= 15 is 0 Å². The number of carboxylic acid groups (broad SMARTS) is 1.